The lowest BCUT2D eigenvalue weighted by Crippen LogP contribution is -2.38. The minimum absolute atomic E-state index is 0. The van der Waals surface area contributed by atoms with Gasteiger partial charge in [0, 0.05) is 17.5 Å². The highest BCUT2D eigenvalue weighted by Crippen LogP contribution is 2.35. The van der Waals surface area contributed by atoms with Gasteiger partial charge in [-0.25, -0.2) is 9.79 Å². The summed E-state index contributed by atoms with van der Waals surface area (Å²) >= 11 is 1.74. The van der Waals surface area contributed by atoms with E-state index < -0.39 is 5.60 Å². The van der Waals surface area contributed by atoms with E-state index >= 15 is 0 Å². The van der Waals surface area contributed by atoms with Crippen molar-refractivity contribution in [3.05, 3.63) is 51.7 Å². The Balaban J connectivity index is 0.00000341. The molecule has 1 aromatic heterocycles. The molecule has 1 saturated carbocycles. The molecule has 0 aliphatic heterocycles. The van der Waals surface area contributed by atoms with Crippen LogP contribution in [0.1, 0.15) is 49.6 Å². The number of ether oxygens (including phenoxy) is 1. The summed E-state index contributed by atoms with van der Waals surface area (Å²) in [5, 5.41) is 5.24. The molecule has 0 saturated heterocycles. The molecule has 170 valence electrons. The SMILES string of the molecule is Cc1cc(CN=C(N)NCCc2cccs2)ccc1N(C(=O)OC(C)(C)C)C1CC1.I. The predicted molar refractivity (Wildman–Crippen MR) is 140 cm³/mol. The Kier molecular flexibility index (Phi) is 9.17. The molecule has 2 aromatic rings. The Labute approximate surface area is 206 Å². The number of nitrogens with zero attached hydrogens (tertiary/aromatic N) is 2. The zero-order valence-electron chi connectivity index (χ0n) is 18.7. The van der Waals surface area contributed by atoms with Crippen LogP contribution in [0.15, 0.2) is 40.7 Å². The molecule has 3 N–H and O–H groups in total. The molecule has 0 unspecified atom stereocenters. The third kappa shape index (κ3) is 7.99. The van der Waals surface area contributed by atoms with E-state index in [9.17, 15) is 4.79 Å². The summed E-state index contributed by atoms with van der Waals surface area (Å²) in [4.78, 5) is 20.3. The number of benzene rings is 1. The van der Waals surface area contributed by atoms with Crippen LogP contribution in [0.4, 0.5) is 10.5 Å². The summed E-state index contributed by atoms with van der Waals surface area (Å²) in [6, 6.07) is 10.5. The summed E-state index contributed by atoms with van der Waals surface area (Å²) in [6.07, 6.45) is 2.68. The molecule has 0 bridgehead atoms. The maximum absolute atomic E-state index is 12.7. The standard InChI is InChI=1S/C23H32N4O2S.HI/c1-16-14-17(15-26-21(24)25-12-11-19-6-5-13-30-19)7-10-20(16)27(18-8-9-18)22(28)29-23(2,3)4;/h5-7,10,13-14,18H,8-9,11-12,15H2,1-4H3,(H3,24,25,26);1H. The second kappa shape index (κ2) is 11.2. The van der Waals surface area contributed by atoms with Crippen LogP contribution in [0.2, 0.25) is 0 Å². The smallest absolute Gasteiger partial charge is 0.415 e. The largest absolute Gasteiger partial charge is 0.443 e. The van der Waals surface area contributed by atoms with Crippen molar-refractivity contribution in [3.63, 3.8) is 0 Å². The third-order valence-electron chi connectivity index (χ3n) is 4.71. The number of carbonyl (C=O) groups is 1. The maximum atomic E-state index is 12.7. The van der Waals surface area contributed by atoms with Gasteiger partial charge >= 0.3 is 6.09 Å². The van der Waals surface area contributed by atoms with Crippen molar-refractivity contribution in [2.45, 2.75) is 65.1 Å². The molecule has 1 amide bonds. The second-order valence-electron chi connectivity index (χ2n) is 8.66. The van der Waals surface area contributed by atoms with Gasteiger partial charge in [0.05, 0.1) is 12.2 Å². The highest BCUT2D eigenvalue weighted by atomic mass is 127. The fourth-order valence-electron chi connectivity index (χ4n) is 3.18. The molecule has 1 aliphatic carbocycles. The molecule has 3 rings (SSSR count). The quantitative estimate of drug-likeness (QED) is 0.278. The van der Waals surface area contributed by atoms with Crippen molar-refractivity contribution < 1.29 is 9.53 Å². The van der Waals surface area contributed by atoms with E-state index in [0.717, 1.165) is 42.6 Å². The molecule has 0 atom stereocenters. The number of nitrogens with one attached hydrogen (secondary N) is 1. The van der Waals surface area contributed by atoms with E-state index in [-0.39, 0.29) is 36.1 Å². The van der Waals surface area contributed by atoms with Crippen molar-refractivity contribution in [1.29, 1.82) is 0 Å². The number of rotatable bonds is 7. The van der Waals surface area contributed by atoms with Gasteiger partial charge in [0.2, 0.25) is 0 Å². The van der Waals surface area contributed by atoms with E-state index in [2.05, 4.69) is 33.9 Å². The van der Waals surface area contributed by atoms with Gasteiger partial charge < -0.3 is 15.8 Å². The molecular formula is C23H33IN4O2S. The highest BCUT2D eigenvalue weighted by molar-refractivity contribution is 14.0. The average Bonchev–Trinajstić information content (AvgIpc) is 3.35. The van der Waals surface area contributed by atoms with Crippen molar-refractivity contribution in [1.82, 2.24) is 5.32 Å². The summed E-state index contributed by atoms with van der Waals surface area (Å²) in [5.41, 5.74) is 8.47. The van der Waals surface area contributed by atoms with Crippen LogP contribution in [0.25, 0.3) is 0 Å². The molecule has 1 fully saturated rings. The fourth-order valence-corrected chi connectivity index (χ4v) is 3.88. The summed E-state index contributed by atoms with van der Waals surface area (Å²) in [6.45, 7) is 8.95. The maximum Gasteiger partial charge on any atom is 0.415 e. The van der Waals surface area contributed by atoms with Crippen LogP contribution in [0, 0.1) is 6.92 Å². The van der Waals surface area contributed by atoms with Crippen LogP contribution in [-0.2, 0) is 17.7 Å². The molecular weight excluding hydrogens is 523 g/mol. The van der Waals surface area contributed by atoms with Gasteiger partial charge in [0.25, 0.3) is 0 Å². The minimum Gasteiger partial charge on any atom is -0.443 e. The van der Waals surface area contributed by atoms with Crippen LogP contribution in [0.3, 0.4) is 0 Å². The highest BCUT2D eigenvalue weighted by Gasteiger charge is 2.37. The van der Waals surface area contributed by atoms with Gasteiger partial charge in [-0.05, 0) is 75.6 Å². The first-order chi connectivity index (χ1) is 14.2. The number of aryl methyl sites for hydroxylation is 1. The molecule has 6 nitrogen and oxygen atoms in total. The van der Waals surface area contributed by atoms with Gasteiger partial charge in [0.15, 0.2) is 5.96 Å². The number of amides is 1. The normalized spacial score (nSPS) is 14.0. The van der Waals surface area contributed by atoms with Gasteiger partial charge in [-0.3, -0.25) is 4.90 Å². The number of nitrogens with two attached hydrogens (primary N) is 1. The van der Waals surface area contributed by atoms with Crippen molar-refractivity contribution >= 4 is 53.1 Å². The van der Waals surface area contributed by atoms with E-state index in [1.165, 1.54) is 4.88 Å². The van der Waals surface area contributed by atoms with Crippen LogP contribution in [-0.4, -0.2) is 30.2 Å². The summed E-state index contributed by atoms with van der Waals surface area (Å²) in [5.74, 6) is 0.446. The van der Waals surface area contributed by atoms with Crippen molar-refractivity contribution in [2.24, 2.45) is 10.7 Å². The van der Waals surface area contributed by atoms with E-state index in [0.29, 0.717) is 12.5 Å². The lowest BCUT2D eigenvalue weighted by Gasteiger charge is -2.28. The van der Waals surface area contributed by atoms with Gasteiger partial charge in [-0.2, -0.15) is 0 Å². The number of hydrogen-bond acceptors (Lipinski definition) is 4. The van der Waals surface area contributed by atoms with Gasteiger partial charge in [-0.15, -0.1) is 35.3 Å². The number of guanidine groups is 1. The Morgan fingerprint density at radius 2 is 2.06 bits per heavy atom. The Morgan fingerprint density at radius 3 is 2.65 bits per heavy atom. The second-order valence-corrected chi connectivity index (χ2v) is 9.69. The molecule has 1 aliphatic rings. The van der Waals surface area contributed by atoms with E-state index in [1.54, 1.807) is 16.2 Å². The molecule has 1 heterocycles. The Morgan fingerprint density at radius 1 is 1.32 bits per heavy atom. The number of carbonyl (C=O) groups excluding carboxylic acids is 1. The van der Waals surface area contributed by atoms with Crippen LogP contribution in [0.5, 0.6) is 0 Å². The number of anilines is 1. The first-order valence-corrected chi connectivity index (χ1v) is 11.3. The van der Waals surface area contributed by atoms with E-state index in [4.69, 9.17) is 10.5 Å². The monoisotopic (exact) mass is 556 g/mol. The van der Waals surface area contributed by atoms with Crippen molar-refractivity contribution in [3.8, 4) is 0 Å². The zero-order chi connectivity index (χ0) is 21.7. The summed E-state index contributed by atoms with van der Waals surface area (Å²) in [7, 11) is 0. The fraction of sp³-hybridized carbons (Fsp3) is 0.478. The first kappa shape index (κ1) is 25.5. The van der Waals surface area contributed by atoms with Gasteiger partial charge in [0.1, 0.15) is 5.60 Å². The number of hydrogen-bond donors (Lipinski definition) is 2. The van der Waals surface area contributed by atoms with Crippen molar-refractivity contribution in [2.75, 3.05) is 11.4 Å². The third-order valence-corrected chi connectivity index (χ3v) is 5.65. The summed E-state index contributed by atoms with van der Waals surface area (Å²) < 4.78 is 5.63. The van der Waals surface area contributed by atoms with Gasteiger partial charge in [-0.1, -0.05) is 18.2 Å². The van der Waals surface area contributed by atoms with Crippen LogP contribution >= 0.6 is 35.3 Å². The molecule has 0 radical (unpaired) electrons. The number of halogens is 1. The lowest BCUT2D eigenvalue weighted by molar-refractivity contribution is 0.0577. The van der Waals surface area contributed by atoms with E-state index in [1.807, 2.05) is 39.8 Å². The van der Waals surface area contributed by atoms with Crippen LogP contribution < -0.4 is 16.0 Å². The lowest BCUT2D eigenvalue weighted by atomic mass is 10.1. The first-order valence-electron chi connectivity index (χ1n) is 10.4. The average molecular weight is 557 g/mol. The molecule has 8 heteroatoms. The number of aliphatic imine (C=N–C) groups is 1. The number of thiophene rings is 1. The molecule has 1 aromatic carbocycles. The minimum atomic E-state index is -0.513. The Hall–Kier alpha value is -1.81. The topological polar surface area (TPSA) is 80.0 Å². The molecule has 0 spiro atoms. The zero-order valence-corrected chi connectivity index (χ0v) is 21.8. The molecule has 31 heavy (non-hydrogen) atoms. The Bertz CT molecular complexity index is 889. The predicted octanol–water partition coefficient (Wildman–Crippen LogP) is 5.23.